The number of rotatable bonds is 3. The smallest absolute Gasteiger partial charge is 0.128 e. The van der Waals surface area contributed by atoms with Crippen LogP contribution >= 0.6 is 11.6 Å². The Kier molecular flexibility index (Phi) is 2.27. The minimum absolute atomic E-state index is 0.379. The van der Waals surface area contributed by atoms with Gasteiger partial charge < -0.3 is 4.52 Å². The first-order valence-corrected chi connectivity index (χ1v) is 4.25. The first kappa shape index (κ1) is 8.25. The summed E-state index contributed by atoms with van der Waals surface area (Å²) in [5.41, 5.74) is 1.71. The van der Waals surface area contributed by atoms with Crippen LogP contribution in [0.4, 0.5) is 0 Å². The molecule has 0 saturated heterocycles. The minimum Gasteiger partial charge on any atom is -0.364 e. The molecule has 2 rings (SSSR count). The molecule has 0 amide bonds. The molecule has 6 heteroatoms. The Morgan fingerprint density at radius 1 is 1.54 bits per heavy atom. The molecule has 0 fully saturated rings. The summed E-state index contributed by atoms with van der Waals surface area (Å²) in [7, 11) is 0. The van der Waals surface area contributed by atoms with Crippen molar-refractivity contribution in [2.24, 2.45) is 0 Å². The Bertz CT molecular complexity index is 370. The van der Waals surface area contributed by atoms with Crippen LogP contribution in [0.5, 0.6) is 0 Å². The number of halogens is 1. The second-order valence-electron chi connectivity index (χ2n) is 2.57. The summed E-state index contributed by atoms with van der Waals surface area (Å²) in [6, 6.07) is 0. The van der Waals surface area contributed by atoms with E-state index in [2.05, 4.69) is 20.0 Å². The van der Waals surface area contributed by atoms with E-state index in [0.29, 0.717) is 12.4 Å². The van der Waals surface area contributed by atoms with Gasteiger partial charge in [-0.2, -0.15) is 0 Å². The van der Waals surface area contributed by atoms with Crippen LogP contribution in [0.25, 0.3) is 0 Å². The normalized spacial score (nSPS) is 10.5. The molecule has 0 bridgehead atoms. The van der Waals surface area contributed by atoms with Gasteiger partial charge in [-0.3, -0.25) is 0 Å². The molecular weight excluding hydrogens is 192 g/mol. The zero-order valence-corrected chi connectivity index (χ0v) is 7.48. The molecule has 2 aromatic heterocycles. The quantitative estimate of drug-likeness (QED) is 0.692. The maximum Gasteiger partial charge on any atom is 0.128 e. The molecular formula is C7H7ClN4O. The molecule has 0 aliphatic rings. The lowest BCUT2D eigenvalue weighted by Crippen LogP contribution is -1.98. The van der Waals surface area contributed by atoms with Gasteiger partial charge >= 0.3 is 0 Å². The predicted molar refractivity (Wildman–Crippen MR) is 45.2 cm³/mol. The van der Waals surface area contributed by atoms with Gasteiger partial charge in [-0.15, -0.1) is 16.7 Å². The van der Waals surface area contributed by atoms with Gasteiger partial charge in [0.15, 0.2) is 0 Å². The van der Waals surface area contributed by atoms with Crippen molar-refractivity contribution in [3.63, 3.8) is 0 Å². The molecule has 13 heavy (non-hydrogen) atoms. The average molecular weight is 199 g/mol. The molecule has 0 aliphatic heterocycles. The van der Waals surface area contributed by atoms with E-state index in [1.54, 1.807) is 23.3 Å². The fourth-order valence-electron chi connectivity index (χ4n) is 0.969. The Morgan fingerprint density at radius 3 is 3.08 bits per heavy atom. The number of aromatic nitrogens is 4. The molecule has 2 aromatic rings. The summed E-state index contributed by atoms with van der Waals surface area (Å²) in [5.74, 6) is 0.379. The van der Waals surface area contributed by atoms with Crippen LogP contribution in [0.1, 0.15) is 11.3 Å². The predicted octanol–water partition coefficient (Wildman–Crippen LogP) is 1.05. The molecule has 0 unspecified atom stereocenters. The first-order valence-electron chi connectivity index (χ1n) is 3.71. The average Bonchev–Trinajstić information content (AvgIpc) is 2.76. The Hall–Kier alpha value is -1.36. The Labute approximate surface area is 79.3 Å². The van der Waals surface area contributed by atoms with Crippen molar-refractivity contribution in [1.29, 1.82) is 0 Å². The highest BCUT2D eigenvalue weighted by atomic mass is 35.5. The lowest BCUT2D eigenvalue weighted by molar-refractivity contribution is 0.418. The van der Waals surface area contributed by atoms with Crippen LogP contribution < -0.4 is 0 Å². The highest BCUT2D eigenvalue weighted by Gasteiger charge is 2.01. The highest BCUT2D eigenvalue weighted by molar-refractivity contribution is 6.16. The van der Waals surface area contributed by atoms with E-state index < -0.39 is 0 Å². The van der Waals surface area contributed by atoms with Gasteiger partial charge in [0.05, 0.1) is 30.5 Å². The van der Waals surface area contributed by atoms with E-state index in [9.17, 15) is 0 Å². The van der Waals surface area contributed by atoms with Gasteiger partial charge in [0, 0.05) is 5.56 Å². The van der Waals surface area contributed by atoms with Gasteiger partial charge in [0.2, 0.25) is 0 Å². The van der Waals surface area contributed by atoms with Crippen molar-refractivity contribution < 1.29 is 4.52 Å². The third-order valence-corrected chi connectivity index (χ3v) is 1.82. The number of nitrogens with zero attached hydrogens (tertiary/aromatic N) is 4. The molecule has 5 nitrogen and oxygen atoms in total. The van der Waals surface area contributed by atoms with Crippen molar-refractivity contribution in [2.45, 2.75) is 12.4 Å². The Balaban J connectivity index is 2.10. The number of hydrogen-bond acceptors (Lipinski definition) is 4. The minimum atomic E-state index is 0.379. The van der Waals surface area contributed by atoms with E-state index in [-0.39, 0.29) is 0 Å². The molecule has 0 saturated carbocycles. The van der Waals surface area contributed by atoms with Gasteiger partial charge in [0.25, 0.3) is 0 Å². The number of alkyl halides is 1. The molecule has 0 aliphatic carbocycles. The van der Waals surface area contributed by atoms with E-state index in [1.807, 2.05) is 0 Å². The molecule has 0 radical (unpaired) electrons. The van der Waals surface area contributed by atoms with Gasteiger partial charge in [-0.25, -0.2) is 4.68 Å². The molecule has 0 aromatic carbocycles. The van der Waals surface area contributed by atoms with Crippen LogP contribution in [0, 0.1) is 0 Å². The summed E-state index contributed by atoms with van der Waals surface area (Å²) in [5, 5.41) is 11.3. The summed E-state index contributed by atoms with van der Waals surface area (Å²) >= 11 is 5.58. The SMILES string of the molecule is ClCc1cn(Cc2cnoc2)nn1. The fraction of sp³-hybridized carbons (Fsp3) is 0.286. The lowest BCUT2D eigenvalue weighted by Gasteiger charge is -1.92. The fourth-order valence-corrected chi connectivity index (χ4v) is 1.09. The Morgan fingerprint density at radius 2 is 2.46 bits per heavy atom. The number of hydrogen-bond donors (Lipinski definition) is 0. The third-order valence-electron chi connectivity index (χ3n) is 1.55. The molecule has 68 valence electrons. The maximum atomic E-state index is 5.58. The van der Waals surface area contributed by atoms with Gasteiger partial charge in [0.1, 0.15) is 6.26 Å². The van der Waals surface area contributed by atoms with Crippen LogP contribution in [-0.4, -0.2) is 20.2 Å². The third kappa shape index (κ3) is 1.86. The highest BCUT2D eigenvalue weighted by Crippen LogP contribution is 2.02. The van der Waals surface area contributed by atoms with Gasteiger partial charge in [-0.05, 0) is 0 Å². The van der Waals surface area contributed by atoms with Crippen LogP contribution in [0.3, 0.4) is 0 Å². The van der Waals surface area contributed by atoms with Crippen molar-refractivity contribution in [3.05, 3.63) is 29.9 Å². The molecule has 0 spiro atoms. The summed E-state index contributed by atoms with van der Waals surface area (Å²) < 4.78 is 6.37. The molecule has 0 N–H and O–H groups in total. The topological polar surface area (TPSA) is 56.7 Å². The molecule has 0 atom stereocenters. The second-order valence-corrected chi connectivity index (χ2v) is 2.84. The zero-order valence-electron chi connectivity index (χ0n) is 6.72. The van der Waals surface area contributed by atoms with Crippen LogP contribution in [0.15, 0.2) is 23.2 Å². The first-order chi connectivity index (χ1) is 6.38. The standard InChI is InChI=1S/C7H7ClN4O/c8-1-7-4-12(11-10-7)3-6-2-9-13-5-6/h2,4-5H,1,3H2. The second kappa shape index (κ2) is 3.57. The monoisotopic (exact) mass is 198 g/mol. The zero-order chi connectivity index (χ0) is 9.10. The van der Waals surface area contributed by atoms with Crippen molar-refractivity contribution in [1.82, 2.24) is 20.2 Å². The van der Waals surface area contributed by atoms with E-state index in [1.165, 1.54) is 0 Å². The van der Waals surface area contributed by atoms with E-state index in [4.69, 9.17) is 11.6 Å². The van der Waals surface area contributed by atoms with Crippen molar-refractivity contribution in [2.75, 3.05) is 0 Å². The summed E-state index contributed by atoms with van der Waals surface area (Å²) in [6.07, 6.45) is 5.00. The van der Waals surface area contributed by atoms with Crippen LogP contribution in [0.2, 0.25) is 0 Å². The molecule has 2 heterocycles. The van der Waals surface area contributed by atoms with Crippen molar-refractivity contribution in [3.8, 4) is 0 Å². The lowest BCUT2D eigenvalue weighted by atomic mass is 10.4. The van der Waals surface area contributed by atoms with E-state index >= 15 is 0 Å². The largest absolute Gasteiger partial charge is 0.364 e. The van der Waals surface area contributed by atoms with E-state index in [0.717, 1.165) is 11.3 Å². The van der Waals surface area contributed by atoms with Crippen LogP contribution in [-0.2, 0) is 12.4 Å². The maximum absolute atomic E-state index is 5.58. The van der Waals surface area contributed by atoms with Crippen molar-refractivity contribution >= 4 is 11.6 Å². The summed E-state index contributed by atoms with van der Waals surface area (Å²) in [4.78, 5) is 0. The van der Waals surface area contributed by atoms with Gasteiger partial charge in [-0.1, -0.05) is 10.4 Å². The summed E-state index contributed by atoms with van der Waals surface area (Å²) in [6.45, 7) is 0.605.